The summed E-state index contributed by atoms with van der Waals surface area (Å²) in [4.78, 5) is 16.0. The van der Waals surface area contributed by atoms with Crippen LogP contribution in [0.4, 0.5) is 5.69 Å². The first-order chi connectivity index (χ1) is 12.2. The number of carbonyl (C=O) groups excluding carboxylic acids is 1. The van der Waals surface area contributed by atoms with Gasteiger partial charge in [-0.3, -0.25) is 4.79 Å². The molecule has 4 rings (SSSR count). The van der Waals surface area contributed by atoms with Crippen LogP contribution < -0.4 is 4.90 Å². The average molecular weight is 413 g/mol. The van der Waals surface area contributed by atoms with Crippen molar-refractivity contribution in [3.8, 4) is 0 Å². The first kappa shape index (κ1) is 16.5. The van der Waals surface area contributed by atoms with E-state index in [2.05, 4.69) is 38.8 Å². The number of anilines is 1. The highest BCUT2D eigenvalue weighted by Crippen LogP contribution is 2.29. The van der Waals surface area contributed by atoms with Gasteiger partial charge in [-0.15, -0.1) is 11.8 Å². The number of amides is 1. The number of rotatable bonds is 3. The fourth-order valence-electron chi connectivity index (χ4n) is 3.06. The molecule has 0 unspecified atom stereocenters. The van der Waals surface area contributed by atoms with Crippen molar-refractivity contribution >= 4 is 39.3 Å². The van der Waals surface area contributed by atoms with E-state index in [4.69, 9.17) is 0 Å². The van der Waals surface area contributed by atoms with Crippen LogP contribution in [0.2, 0.25) is 0 Å². The zero-order valence-corrected chi connectivity index (χ0v) is 16.0. The molecule has 0 radical (unpaired) electrons. The molecule has 25 heavy (non-hydrogen) atoms. The number of aromatic nitrogens is 1. The summed E-state index contributed by atoms with van der Waals surface area (Å²) in [5, 5.41) is 0. The predicted molar refractivity (Wildman–Crippen MR) is 106 cm³/mol. The number of carbonyl (C=O) groups is 1. The van der Waals surface area contributed by atoms with E-state index in [9.17, 15) is 4.79 Å². The summed E-state index contributed by atoms with van der Waals surface area (Å²) in [6.07, 6.45) is 2.08. The van der Waals surface area contributed by atoms with Crippen LogP contribution in [-0.2, 0) is 17.9 Å². The fraction of sp³-hybridized carbons (Fsp3) is 0.150. The van der Waals surface area contributed by atoms with Crippen molar-refractivity contribution < 1.29 is 4.79 Å². The lowest BCUT2D eigenvalue weighted by molar-refractivity contribution is -0.116. The van der Waals surface area contributed by atoms with Gasteiger partial charge in [-0.05, 0) is 48.0 Å². The minimum Gasteiger partial charge on any atom is -0.345 e. The summed E-state index contributed by atoms with van der Waals surface area (Å²) in [6, 6.07) is 20.4. The number of hydrogen-bond acceptors (Lipinski definition) is 2. The molecule has 0 saturated carbocycles. The molecule has 0 N–H and O–H groups in total. The lowest BCUT2D eigenvalue weighted by atomic mass is 10.1. The Morgan fingerprint density at radius 2 is 1.80 bits per heavy atom. The molecule has 1 aromatic heterocycles. The summed E-state index contributed by atoms with van der Waals surface area (Å²) in [5.74, 6) is 0.562. The number of hydrogen-bond donors (Lipinski definition) is 0. The van der Waals surface area contributed by atoms with Crippen molar-refractivity contribution in [3.63, 3.8) is 0 Å². The van der Waals surface area contributed by atoms with Gasteiger partial charge in [-0.2, -0.15) is 0 Å². The van der Waals surface area contributed by atoms with Crippen molar-refractivity contribution in [1.29, 1.82) is 0 Å². The molecule has 0 aliphatic carbocycles. The topological polar surface area (TPSA) is 25.2 Å². The number of fused-ring (bicyclic) bond motifs is 2. The number of thioether (sulfide) groups is 1. The molecule has 1 aliphatic heterocycles. The Balaban J connectivity index is 1.57. The van der Waals surface area contributed by atoms with Crippen LogP contribution in [0.25, 0.3) is 0 Å². The first-order valence-corrected chi connectivity index (χ1v) is 9.89. The van der Waals surface area contributed by atoms with Crippen molar-refractivity contribution in [2.24, 2.45) is 0 Å². The van der Waals surface area contributed by atoms with Crippen LogP contribution in [-0.4, -0.2) is 16.2 Å². The molecule has 0 fully saturated rings. The Hall–Kier alpha value is -1.98. The maximum atomic E-state index is 13.0. The van der Waals surface area contributed by atoms with E-state index < -0.39 is 0 Å². The average Bonchev–Trinajstić information content (AvgIpc) is 3.00. The standard InChI is InChI=1S/C20H17BrN2OS/c21-16-7-9-18(10-8-16)25-14-20(24)23-13-17-5-3-11-22(17)12-15-4-1-2-6-19(15)23/h1-11H,12-14H2. The molecule has 2 aromatic carbocycles. The van der Waals surface area contributed by atoms with E-state index in [1.165, 1.54) is 5.56 Å². The summed E-state index contributed by atoms with van der Waals surface area (Å²) in [7, 11) is 0. The second-order valence-corrected chi connectivity index (χ2v) is 7.94. The van der Waals surface area contributed by atoms with Gasteiger partial charge in [-0.25, -0.2) is 0 Å². The number of para-hydroxylation sites is 1. The Kier molecular flexibility index (Phi) is 4.68. The van der Waals surface area contributed by atoms with E-state index in [-0.39, 0.29) is 5.91 Å². The maximum absolute atomic E-state index is 13.0. The number of benzene rings is 2. The molecule has 0 bridgehead atoms. The van der Waals surface area contributed by atoms with Crippen molar-refractivity contribution in [2.45, 2.75) is 18.0 Å². The summed E-state index contributed by atoms with van der Waals surface area (Å²) in [6.45, 7) is 1.42. The SMILES string of the molecule is O=C(CSc1ccc(Br)cc1)N1Cc2cccn2Cc2ccccc21. The van der Waals surface area contributed by atoms with Gasteiger partial charge in [0.05, 0.1) is 12.3 Å². The second kappa shape index (κ2) is 7.10. The lowest BCUT2D eigenvalue weighted by Crippen LogP contribution is -2.32. The van der Waals surface area contributed by atoms with Crippen LogP contribution in [0.3, 0.4) is 0 Å². The highest BCUT2D eigenvalue weighted by Gasteiger charge is 2.23. The first-order valence-electron chi connectivity index (χ1n) is 8.11. The van der Waals surface area contributed by atoms with Gasteiger partial charge in [0.25, 0.3) is 0 Å². The second-order valence-electron chi connectivity index (χ2n) is 5.98. The molecule has 0 saturated heterocycles. The van der Waals surface area contributed by atoms with Crippen LogP contribution in [0, 0.1) is 0 Å². The van der Waals surface area contributed by atoms with Crippen LogP contribution >= 0.6 is 27.7 Å². The van der Waals surface area contributed by atoms with Gasteiger partial charge in [0.2, 0.25) is 5.91 Å². The summed E-state index contributed by atoms with van der Waals surface area (Å²) >= 11 is 5.02. The van der Waals surface area contributed by atoms with Gasteiger partial charge >= 0.3 is 0 Å². The molecule has 1 amide bonds. The van der Waals surface area contributed by atoms with E-state index in [0.29, 0.717) is 12.3 Å². The third-order valence-corrected chi connectivity index (χ3v) is 5.87. The highest BCUT2D eigenvalue weighted by atomic mass is 79.9. The predicted octanol–water partition coefficient (Wildman–Crippen LogP) is 4.94. The third-order valence-electron chi connectivity index (χ3n) is 4.34. The monoisotopic (exact) mass is 412 g/mol. The quantitative estimate of drug-likeness (QED) is 0.569. The largest absolute Gasteiger partial charge is 0.345 e. The smallest absolute Gasteiger partial charge is 0.237 e. The number of nitrogens with zero attached hydrogens (tertiary/aromatic N) is 2. The zero-order chi connectivity index (χ0) is 17.2. The zero-order valence-electron chi connectivity index (χ0n) is 13.6. The normalized spacial score (nSPS) is 13.1. The van der Waals surface area contributed by atoms with Crippen LogP contribution in [0.1, 0.15) is 11.3 Å². The molecule has 126 valence electrons. The Bertz CT molecular complexity index is 904. The van der Waals surface area contributed by atoms with Crippen molar-refractivity contribution in [3.05, 3.63) is 82.6 Å². The van der Waals surface area contributed by atoms with Crippen LogP contribution in [0.15, 0.2) is 76.2 Å². The van der Waals surface area contributed by atoms with Crippen molar-refractivity contribution in [1.82, 2.24) is 4.57 Å². The Labute approximate surface area is 159 Å². The molecule has 3 nitrogen and oxygen atoms in total. The van der Waals surface area contributed by atoms with E-state index in [1.54, 1.807) is 11.8 Å². The minimum atomic E-state index is 0.134. The highest BCUT2D eigenvalue weighted by molar-refractivity contribution is 9.10. The van der Waals surface area contributed by atoms with Gasteiger partial charge in [0.1, 0.15) is 0 Å². The lowest BCUT2D eigenvalue weighted by Gasteiger charge is -2.22. The maximum Gasteiger partial charge on any atom is 0.237 e. The molecule has 1 aliphatic rings. The number of halogens is 1. The van der Waals surface area contributed by atoms with Gasteiger partial charge in [-0.1, -0.05) is 34.1 Å². The molecular formula is C20H17BrN2OS. The Morgan fingerprint density at radius 3 is 2.64 bits per heavy atom. The summed E-state index contributed by atoms with van der Waals surface area (Å²) in [5.41, 5.74) is 3.37. The summed E-state index contributed by atoms with van der Waals surface area (Å²) < 4.78 is 3.26. The third kappa shape index (κ3) is 3.53. The van der Waals surface area contributed by atoms with Gasteiger partial charge in [0.15, 0.2) is 0 Å². The van der Waals surface area contributed by atoms with E-state index in [0.717, 1.165) is 27.3 Å². The van der Waals surface area contributed by atoms with E-state index in [1.807, 2.05) is 53.4 Å². The molecule has 0 spiro atoms. The van der Waals surface area contributed by atoms with Gasteiger partial charge in [0, 0.05) is 33.5 Å². The van der Waals surface area contributed by atoms with Crippen molar-refractivity contribution in [2.75, 3.05) is 10.7 Å². The fourth-order valence-corrected chi connectivity index (χ4v) is 4.10. The molecular weight excluding hydrogens is 396 g/mol. The molecule has 3 aromatic rings. The Morgan fingerprint density at radius 1 is 1.00 bits per heavy atom. The van der Waals surface area contributed by atoms with Crippen LogP contribution in [0.5, 0.6) is 0 Å². The molecule has 5 heteroatoms. The molecule has 2 heterocycles. The molecule has 0 atom stereocenters. The van der Waals surface area contributed by atoms with Gasteiger partial charge < -0.3 is 9.47 Å². The van der Waals surface area contributed by atoms with E-state index >= 15 is 0 Å². The minimum absolute atomic E-state index is 0.134.